The summed E-state index contributed by atoms with van der Waals surface area (Å²) in [6.45, 7) is 0.214. The van der Waals surface area contributed by atoms with Gasteiger partial charge >= 0.3 is 6.18 Å². The molecule has 0 amide bonds. The number of hydrogen-bond donors (Lipinski definition) is 1. The number of nitrogens with one attached hydrogen (secondary N) is 1. The summed E-state index contributed by atoms with van der Waals surface area (Å²) in [6.07, 6.45) is -1.20. The minimum Gasteiger partial charge on any atom is -0.490 e. The zero-order valence-corrected chi connectivity index (χ0v) is 13.3. The van der Waals surface area contributed by atoms with Gasteiger partial charge in [-0.3, -0.25) is 0 Å². The van der Waals surface area contributed by atoms with Crippen LogP contribution >= 0.6 is 0 Å². The lowest BCUT2D eigenvalue weighted by atomic mass is 9.96. The van der Waals surface area contributed by atoms with Crippen molar-refractivity contribution in [3.63, 3.8) is 0 Å². The largest absolute Gasteiger partial charge is 0.490 e. The van der Waals surface area contributed by atoms with E-state index in [0.717, 1.165) is 37.0 Å². The third-order valence-corrected chi connectivity index (χ3v) is 4.07. The van der Waals surface area contributed by atoms with Crippen molar-refractivity contribution < 1.29 is 17.9 Å². The molecular weight excluding hydrogens is 331 g/mol. The Balaban J connectivity index is 1.78. The highest BCUT2D eigenvalue weighted by atomic mass is 19.4. The van der Waals surface area contributed by atoms with Gasteiger partial charge in [-0.1, -0.05) is 18.2 Å². The Labute approximate surface area is 143 Å². The number of para-hydroxylation sites is 1. The number of rotatable bonds is 5. The van der Waals surface area contributed by atoms with Gasteiger partial charge in [0, 0.05) is 12.1 Å². The summed E-state index contributed by atoms with van der Waals surface area (Å²) in [5, 5.41) is 11.9. The lowest BCUT2D eigenvalue weighted by Crippen LogP contribution is -2.25. The molecule has 0 bridgehead atoms. The number of pyridine rings is 1. The average molecular weight is 347 g/mol. The lowest BCUT2D eigenvalue weighted by Gasteiger charge is -2.27. The first-order valence-corrected chi connectivity index (χ1v) is 7.94. The maximum absolute atomic E-state index is 12.8. The second-order valence-electron chi connectivity index (χ2n) is 5.83. The van der Waals surface area contributed by atoms with Crippen LogP contribution in [-0.4, -0.2) is 11.1 Å². The van der Waals surface area contributed by atoms with Crippen LogP contribution in [0.15, 0.2) is 36.4 Å². The van der Waals surface area contributed by atoms with E-state index in [4.69, 9.17) is 10.00 Å². The zero-order valence-electron chi connectivity index (χ0n) is 13.3. The molecule has 25 heavy (non-hydrogen) atoms. The van der Waals surface area contributed by atoms with E-state index in [-0.39, 0.29) is 24.0 Å². The molecule has 3 rings (SSSR count). The van der Waals surface area contributed by atoms with Crippen molar-refractivity contribution in [3.05, 3.63) is 53.2 Å². The van der Waals surface area contributed by atoms with E-state index < -0.39 is 11.9 Å². The fourth-order valence-electron chi connectivity index (χ4n) is 2.45. The van der Waals surface area contributed by atoms with Crippen LogP contribution in [-0.2, 0) is 12.7 Å². The molecule has 1 aliphatic rings. The smallest absolute Gasteiger partial charge is 0.433 e. The molecule has 2 aromatic rings. The van der Waals surface area contributed by atoms with E-state index in [0.29, 0.717) is 5.75 Å². The van der Waals surface area contributed by atoms with Gasteiger partial charge < -0.3 is 10.1 Å². The van der Waals surface area contributed by atoms with Crippen LogP contribution in [0.25, 0.3) is 0 Å². The Hall–Kier alpha value is -2.75. The summed E-state index contributed by atoms with van der Waals surface area (Å²) < 4.78 is 44.4. The normalized spacial score (nSPS) is 14.5. The van der Waals surface area contributed by atoms with Crippen molar-refractivity contribution in [2.45, 2.75) is 38.1 Å². The van der Waals surface area contributed by atoms with Gasteiger partial charge in [-0.15, -0.1) is 0 Å². The number of hydrogen-bond acceptors (Lipinski definition) is 4. The van der Waals surface area contributed by atoms with Gasteiger partial charge in [0.25, 0.3) is 0 Å². The average Bonchev–Trinajstić information content (AvgIpc) is 2.56. The van der Waals surface area contributed by atoms with Gasteiger partial charge in [0.05, 0.1) is 11.7 Å². The predicted octanol–water partition coefficient (Wildman–Crippen LogP) is 4.52. The molecule has 1 heterocycles. The van der Waals surface area contributed by atoms with Crippen LogP contribution in [0.5, 0.6) is 5.75 Å². The minimum absolute atomic E-state index is 0.0605. The van der Waals surface area contributed by atoms with Crippen molar-refractivity contribution >= 4 is 5.82 Å². The van der Waals surface area contributed by atoms with E-state index in [1.165, 1.54) is 0 Å². The zero-order chi connectivity index (χ0) is 17.9. The van der Waals surface area contributed by atoms with Gasteiger partial charge in [-0.2, -0.15) is 18.4 Å². The van der Waals surface area contributed by atoms with Gasteiger partial charge in [0.2, 0.25) is 0 Å². The molecule has 1 aromatic carbocycles. The van der Waals surface area contributed by atoms with Crippen molar-refractivity contribution in [1.82, 2.24) is 4.98 Å². The fraction of sp³-hybridized carbons (Fsp3) is 0.333. The van der Waals surface area contributed by atoms with Crippen molar-refractivity contribution in [2.75, 3.05) is 5.32 Å². The molecule has 0 atom stereocenters. The van der Waals surface area contributed by atoms with Gasteiger partial charge in [-0.05, 0) is 37.5 Å². The number of ether oxygens (including phenoxy) is 1. The van der Waals surface area contributed by atoms with Crippen LogP contribution < -0.4 is 10.1 Å². The first kappa shape index (κ1) is 17.1. The summed E-state index contributed by atoms with van der Waals surface area (Å²) in [7, 11) is 0. The summed E-state index contributed by atoms with van der Waals surface area (Å²) in [6, 6.07) is 11.1. The van der Waals surface area contributed by atoms with Gasteiger partial charge in [0.15, 0.2) is 0 Å². The molecule has 0 radical (unpaired) electrons. The molecule has 0 aliphatic heterocycles. The maximum Gasteiger partial charge on any atom is 0.433 e. The second kappa shape index (κ2) is 7.01. The molecule has 1 aromatic heterocycles. The first-order valence-electron chi connectivity index (χ1n) is 7.94. The Morgan fingerprint density at radius 2 is 1.96 bits per heavy atom. The summed E-state index contributed by atoms with van der Waals surface area (Å²) in [5.74, 6) is 0.612. The van der Waals surface area contributed by atoms with Crippen LogP contribution in [0, 0.1) is 11.3 Å². The monoisotopic (exact) mass is 347 g/mol. The molecule has 1 N–H and O–H groups in total. The van der Waals surface area contributed by atoms with E-state index in [2.05, 4.69) is 10.3 Å². The Kier molecular flexibility index (Phi) is 4.79. The summed E-state index contributed by atoms with van der Waals surface area (Å²) in [4.78, 5) is 3.55. The number of alkyl halides is 3. The highest BCUT2D eigenvalue weighted by Crippen LogP contribution is 2.30. The second-order valence-corrected chi connectivity index (χ2v) is 5.83. The minimum atomic E-state index is -4.56. The standard InChI is InChI=1S/C18H16F3N3O/c19-18(20,21)16-9-8-12(10-22)17(24-16)23-11-13-4-1-2-7-15(13)25-14-5-3-6-14/h1-2,4,7-9,14H,3,5-6,11H2,(H,23,24). The highest BCUT2D eigenvalue weighted by Gasteiger charge is 2.33. The van der Waals surface area contributed by atoms with E-state index in [9.17, 15) is 13.2 Å². The molecule has 0 unspecified atom stereocenters. The van der Waals surface area contributed by atoms with Crippen molar-refractivity contribution in [2.24, 2.45) is 0 Å². The molecule has 130 valence electrons. The Morgan fingerprint density at radius 3 is 2.60 bits per heavy atom. The number of anilines is 1. The van der Waals surface area contributed by atoms with E-state index in [1.807, 2.05) is 30.3 Å². The first-order chi connectivity index (χ1) is 12.0. The molecule has 7 heteroatoms. The third kappa shape index (κ3) is 4.02. The number of nitrogens with zero attached hydrogens (tertiary/aromatic N) is 2. The highest BCUT2D eigenvalue weighted by molar-refractivity contribution is 5.53. The van der Waals surface area contributed by atoms with Crippen LogP contribution in [0.1, 0.15) is 36.1 Å². The number of halogens is 3. The molecule has 1 saturated carbocycles. The van der Waals surface area contributed by atoms with Gasteiger partial charge in [-0.25, -0.2) is 4.98 Å². The molecule has 0 spiro atoms. The quantitative estimate of drug-likeness (QED) is 0.864. The number of aromatic nitrogens is 1. The summed E-state index contributed by atoms with van der Waals surface area (Å²) >= 11 is 0. The topological polar surface area (TPSA) is 57.9 Å². The molecule has 0 saturated heterocycles. The number of nitriles is 1. The van der Waals surface area contributed by atoms with Gasteiger partial charge in [0.1, 0.15) is 23.3 Å². The molecule has 4 nitrogen and oxygen atoms in total. The molecular formula is C18H16F3N3O. The predicted molar refractivity (Wildman–Crippen MR) is 86.0 cm³/mol. The van der Waals surface area contributed by atoms with Crippen molar-refractivity contribution in [1.29, 1.82) is 5.26 Å². The molecule has 1 fully saturated rings. The summed E-state index contributed by atoms with van der Waals surface area (Å²) in [5.41, 5.74) is -0.170. The van der Waals surface area contributed by atoms with Crippen LogP contribution in [0.2, 0.25) is 0 Å². The van der Waals surface area contributed by atoms with E-state index in [1.54, 1.807) is 0 Å². The fourth-order valence-corrected chi connectivity index (χ4v) is 2.45. The Morgan fingerprint density at radius 1 is 1.20 bits per heavy atom. The third-order valence-electron chi connectivity index (χ3n) is 4.07. The maximum atomic E-state index is 12.8. The Bertz CT molecular complexity index is 795. The SMILES string of the molecule is N#Cc1ccc(C(F)(F)F)nc1NCc1ccccc1OC1CCC1. The van der Waals surface area contributed by atoms with E-state index >= 15 is 0 Å². The number of benzene rings is 1. The molecule has 1 aliphatic carbocycles. The van der Waals surface area contributed by atoms with Crippen LogP contribution in [0.3, 0.4) is 0 Å². The van der Waals surface area contributed by atoms with Crippen LogP contribution in [0.4, 0.5) is 19.0 Å². The lowest BCUT2D eigenvalue weighted by molar-refractivity contribution is -0.141. The van der Waals surface area contributed by atoms with Crippen molar-refractivity contribution in [3.8, 4) is 11.8 Å².